The lowest BCUT2D eigenvalue weighted by molar-refractivity contribution is -0.136. The molecule has 3 rings (SSSR count). The van der Waals surface area contributed by atoms with Crippen LogP contribution in [-0.4, -0.2) is 18.2 Å². The number of carbonyl (C=O) groups is 1. The Morgan fingerprint density at radius 3 is 2.48 bits per heavy atom. The van der Waals surface area contributed by atoms with Crippen molar-refractivity contribution >= 4 is 17.1 Å². The van der Waals surface area contributed by atoms with Gasteiger partial charge < -0.3 is 18.7 Å². The van der Waals surface area contributed by atoms with Crippen LogP contribution in [0, 0.1) is 6.92 Å². The van der Waals surface area contributed by atoms with Crippen molar-refractivity contribution in [2.75, 3.05) is 7.11 Å². The highest BCUT2D eigenvalue weighted by molar-refractivity contribution is 5.87. The molecule has 0 aliphatic rings. The number of methoxy groups -OCH3 is 1. The average Bonchev–Trinajstić information content (AvgIpc) is 2.86. The van der Waals surface area contributed by atoms with E-state index in [1.54, 1.807) is 38.3 Å². The Balaban J connectivity index is 2.27. The van der Waals surface area contributed by atoms with E-state index < -0.39 is 5.97 Å². The van der Waals surface area contributed by atoms with Gasteiger partial charge in [-0.2, -0.15) is 0 Å². The first-order valence-electron chi connectivity index (χ1n) is 6.92. The summed E-state index contributed by atoms with van der Waals surface area (Å²) in [6.45, 7) is 1.63. The summed E-state index contributed by atoms with van der Waals surface area (Å²) in [6.07, 6.45) is -0.305. The highest BCUT2D eigenvalue weighted by Crippen LogP contribution is 2.34. The van der Waals surface area contributed by atoms with Crippen LogP contribution in [-0.2, 0) is 11.2 Å². The minimum absolute atomic E-state index is 0.0256. The summed E-state index contributed by atoms with van der Waals surface area (Å²) in [7, 11) is 1.55. The van der Waals surface area contributed by atoms with E-state index in [9.17, 15) is 9.59 Å². The van der Waals surface area contributed by atoms with Crippen LogP contribution in [0.4, 0.5) is 0 Å². The van der Waals surface area contributed by atoms with Gasteiger partial charge in [0.05, 0.1) is 19.1 Å². The number of hydrogen-bond donors (Lipinski definition) is 1. The molecule has 3 aromatic rings. The summed E-state index contributed by atoms with van der Waals surface area (Å²) < 4.78 is 16.3. The molecule has 0 saturated heterocycles. The molecule has 0 amide bonds. The summed E-state index contributed by atoms with van der Waals surface area (Å²) >= 11 is 0. The lowest BCUT2D eigenvalue weighted by Gasteiger charge is -2.03. The fourth-order valence-corrected chi connectivity index (χ4v) is 2.45. The van der Waals surface area contributed by atoms with E-state index in [1.807, 2.05) is 0 Å². The van der Waals surface area contributed by atoms with Gasteiger partial charge in [0, 0.05) is 11.6 Å². The monoisotopic (exact) mass is 314 g/mol. The van der Waals surface area contributed by atoms with E-state index in [0.29, 0.717) is 28.4 Å². The Bertz CT molecular complexity index is 930. The number of carboxylic acid groups (broad SMARTS) is 1. The lowest BCUT2D eigenvalue weighted by Crippen LogP contribution is -2.02. The van der Waals surface area contributed by atoms with Crippen LogP contribution in [0.2, 0.25) is 0 Å². The number of aliphatic carboxylic acids is 1. The molecule has 0 fully saturated rings. The Morgan fingerprint density at radius 2 is 1.87 bits per heavy atom. The van der Waals surface area contributed by atoms with Crippen LogP contribution in [0.15, 0.2) is 44.0 Å². The van der Waals surface area contributed by atoms with Crippen LogP contribution < -0.4 is 10.2 Å². The van der Waals surface area contributed by atoms with E-state index in [4.69, 9.17) is 18.7 Å². The van der Waals surface area contributed by atoms with Crippen LogP contribution in [0.1, 0.15) is 11.3 Å². The molecule has 0 aliphatic heterocycles. The SMILES string of the molecule is COc1ccc(-c2oc3c(=O)cc(C)oc3c2CC(=O)O)cc1. The normalized spacial score (nSPS) is 10.9. The van der Waals surface area contributed by atoms with Crippen molar-refractivity contribution in [2.24, 2.45) is 0 Å². The van der Waals surface area contributed by atoms with Gasteiger partial charge in [0.15, 0.2) is 5.58 Å². The summed E-state index contributed by atoms with van der Waals surface area (Å²) in [4.78, 5) is 23.2. The van der Waals surface area contributed by atoms with Crippen molar-refractivity contribution in [3.63, 3.8) is 0 Å². The summed E-state index contributed by atoms with van der Waals surface area (Å²) in [5.41, 5.74) is 0.861. The number of furan rings is 1. The number of hydrogen-bond acceptors (Lipinski definition) is 5. The number of aryl methyl sites for hydroxylation is 1. The maximum absolute atomic E-state index is 12.1. The molecule has 1 aromatic carbocycles. The number of carboxylic acids is 1. The van der Waals surface area contributed by atoms with Crippen molar-refractivity contribution in [3.8, 4) is 17.1 Å². The van der Waals surface area contributed by atoms with E-state index in [0.717, 1.165) is 0 Å². The van der Waals surface area contributed by atoms with Crippen molar-refractivity contribution in [2.45, 2.75) is 13.3 Å². The standard InChI is InChI=1S/C17H14O6/c1-9-7-13(18)17-16(22-9)12(8-14(19)20)15(23-17)10-3-5-11(21-2)6-4-10/h3-7H,8H2,1-2H3,(H,19,20). The second-order valence-electron chi connectivity index (χ2n) is 5.09. The fourth-order valence-electron chi connectivity index (χ4n) is 2.45. The van der Waals surface area contributed by atoms with E-state index in [2.05, 4.69) is 0 Å². The lowest BCUT2D eigenvalue weighted by atomic mass is 10.1. The molecular weight excluding hydrogens is 300 g/mol. The summed E-state index contributed by atoms with van der Waals surface area (Å²) in [5, 5.41) is 9.16. The van der Waals surface area contributed by atoms with Crippen LogP contribution in [0.3, 0.4) is 0 Å². The Kier molecular flexibility index (Phi) is 3.65. The minimum Gasteiger partial charge on any atom is -0.497 e. The van der Waals surface area contributed by atoms with Gasteiger partial charge in [0.1, 0.15) is 17.3 Å². The van der Waals surface area contributed by atoms with Gasteiger partial charge in [-0.25, -0.2) is 0 Å². The Labute approximate surface area is 130 Å². The first kappa shape index (κ1) is 14.9. The third-order valence-corrected chi connectivity index (χ3v) is 3.46. The van der Waals surface area contributed by atoms with E-state index in [-0.39, 0.29) is 23.0 Å². The van der Waals surface area contributed by atoms with Gasteiger partial charge in [-0.05, 0) is 31.2 Å². The maximum atomic E-state index is 12.1. The van der Waals surface area contributed by atoms with Gasteiger partial charge in [-0.15, -0.1) is 0 Å². The predicted molar refractivity (Wildman–Crippen MR) is 82.8 cm³/mol. The van der Waals surface area contributed by atoms with Crippen LogP contribution in [0.25, 0.3) is 22.5 Å². The molecular formula is C17H14O6. The first-order valence-corrected chi connectivity index (χ1v) is 6.92. The maximum Gasteiger partial charge on any atom is 0.308 e. The van der Waals surface area contributed by atoms with Gasteiger partial charge in [-0.3, -0.25) is 9.59 Å². The molecule has 0 unspecified atom stereocenters. The molecule has 6 nitrogen and oxygen atoms in total. The highest BCUT2D eigenvalue weighted by atomic mass is 16.5. The molecule has 2 heterocycles. The van der Waals surface area contributed by atoms with Gasteiger partial charge in [0.25, 0.3) is 0 Å². The third kappa shape index (κ3) is 2.70. The Hall–Kier alpha value is -3.02. The van der Waals surface area contributed by atoms with Gasteiger partial charge in [0.2, 0.25) is 11.0 Å². The van der Waals surface area contributed by atoms with E-state index >= 15 is 0 Å². The highest BCUT2D eigenvalue weighted by Gasteiger charge is 2.22. The minimum atomic E-state index is -1.04. The second kappa shape index (κ2) is 5.64. The summed E-state index contributed by atoms with van der Waals surface area (Å²) in [6, 6.07) is 8.24. The molecule has 23 heavy (non-hydrogen) atoms. The topological polar surface area (TPSA) is 89.9 Å². The molecule has 0 saturated carbocycles. The number of fused-ring (bicyclic) bond motifs is 1. The van der Waals surface area contributed by atoms with Crippen molar-refractivity contribution in [1.82, 2.24) is 0 Å². The molecule has 2 aromatic heterocycles. The molecule has 118 valence electrons. The molecule has 0 atom stereocenters. The third-order valence-electron chi connectivity index (χ3n) is 3.46. The smallest absolute Gasteiger partial charge is 0.308 e. The first-order chi connectivity index (χ1) is 11.0. The Morgan fingerprint density at radius 1 is 1.17 bits per heavy atom. The quantitative estimate of drug-likeness (QED) is 0.796. The molecule has 6 heteroatoms. The number of rotatable bonds is 4. The van der Waals surface area contributed by atoms with Crippen molar-refractivity contribution in [1.29, 1.82) is 0 Å². The van der Waals surface area contributed by atoms with Crippen LogP contribution in [0.5, 0.6) is 5.75 Å². The zero-order valence-electron chi connectivity index (χ0n) is 12.6. The number of ether oxygens (including phenoxy) is 1. The second-order valence-corrected chi connectivity index (χ2v) is 5.09. The van der Waals surface area contributed by atoms with Crippen LogP contribution >= 0.6 is 0 Å². The van der Waals surface area contributed by atoms with Gasteiger partial charge >= 0.3 is 5.97 Å². The fraction of sp³-hybridized carbons (Fsp3) is 0.176. The van der Waals surface area contributed by atoms with Crippen molar-refractivity contribution in [3.05, 3.63) is 51.9 Å². The largest absolute Gasteiger partial charge is 0.497 e. The average molecular weight is 314 g/mol. The zero-order chi connectivity index (χ0) is 16.6. The summed E-state index contributed by atoms with van der Waals surface area (Å²) in [5.74, 6) is 0.342. The zero-order valence-corrected chi connectivity index (χ0v) is 12.6. The number of benzene rings is 1. The van der Waals surface area contributed by atoms with Crippen molar-refractivity contribution < 1.29 is 23.5 Å². The molecule has 0 bridgehead atoms. The molecule has 1 N–H and O–H groups in total. The van der Waals surface area contributed by atoms with E-state index in [1.165, 1.54) is 6.07 Å². The predicted octanol–water partition coefficient (Wildman–Crippen LogP) is 3.00. The molecule has 0 aliphatic carbocycles. The molecule has 0 spiro atoms. The van der Waals surface area contributed by atoms with Gasteiger partial charge in [-0.1, -0.05) is 0 Å². The molecule has 0 radical (unpaired) electrons.